The summed E-state index contributed by atoms with van der Waals surface area (Å²) in [6.45, 7) is 3.33. The molecule has 2 rings (SSSR count). The standard InChI is InChI=1S/C11H19N3/c1-3-9-8-10(9)12-5-4-11-13-6-7-14(11)2/h6-7,9-10,12H,3-5,8H2,1-2H3. The average Bonchev–Trinajstić information content (AvgIpc) is 2.83. The van der Waals surface area contributed by atoms with Crippen molar-refractivity contribution in [3.63, 3.8) is 0 Å². The zero-order valence-corrected chi connectivity index (χ0v) is 9.03. The Kier molecular flexibility index (Phi) is 2.87. The van der Waals surface area contributed by atoms with Crippen molar-refractivity contribution in [2.24, 2.45) is 13.0 Å². The van der Waals surface area contributed by atoms with Crippen molar-refractivity contribution in [3.8, 4) is 0 Å². The molecule has 1 aromatic heterocycles. The molecule has 78 valence electrons. The number of nitrogens with zero attached hydrogens (tertiary/aromatic N) is 2. The molecular weight excluding hydrogens is 174 g/mol. The first-order chi connectivity index (χ1) is 6.81. The van der Waals surface area contributed by atoms with E-state index in [0.717, 1.165) is 24.9 Å². The Morgan fingerprint density at radius 3 is 3.07 bits per heavy atom. The second-order valence-electron chi connectivity index (χ2n) is 4.17. The summed E-state index contributed by atoms with van der Waals surface area (Å²) < 4.78 is 2.09. The second kappa shape index (κ2) is 4.13. The third-order valence-electron chi connectivity index (χ3n) is 3.12. The lowest BCUT2D eigenvalue weighted by Crippen LogP contribution is -2.22. The first-order valence-corrected chi connectivity index (χ1v) is 5.51. The first-order valence-electron chi connectivity index (χ1n) is 5.51. The molecule has 14 heavy (non-hydrogen) atoms. The highest BCUT2D eigenvalue weighted by atomic mass is 15.0. The normalized spacial score (nSPS) is 25.3. The Labute approximate surface area is 85.5 Å². The minimum atomic E-state index is 0.792. The number of rotatable bonds is 5. The monoisotopic (exact) mass is 193 g/mol. The van der Waals surface area contributed by atoms with Gasteiger partial charge in [-0.05, 0) is 12.3 Å². The number of hydrogen-bond acceptors (Lipinski definition) is 2. The van der Waals surface area contributed by atoms with Gasteiger partial charge in [0.1, 0.15) is 5.82 Å². The van der Waals surface area contributed by atoms with E-state index in [9.17, 15) is 0 Å². The van der Waals surface area contributed by atoms with Crippen molar-refractivity contribution in [3.05, 3.63) is 18.2 Å². The van der Waals surface area contributed by atoms with E-state index >= 15 is 0 Å². The van der Waals surface area contributed by atoms with Crippen LogP contribution in [0, 0.1) is 5.92 Å². The smallest absolute Gasteiger partial charge is 0.109 e. The lowest BCUT2D eigenvalue weighted by Gasteiger charge is -2.03. The van der Waals surface area contributed by atoms with Gasteiger partial charge >= 0.3 is 0 Å². The Bertz CT molecular complexity index is 292. The maximum atomic E-state index is 4.30. The first kappa shape index (κ1) is 9.71. The number of aryl methyl sites for hydroxylation is 1. The summed E-state index contributed by atoms with van der Waals surface area (Å²) in [5.41, 5.74) is 0. The van der Waals surface area contributed by atoms with Crippen LogP contribution in [0.15, 0.2) is 12.4 Å². The molecule has 0 bridgehead atoms. The fraction of sp³-hybridized carbons (Fsp3) is 0.727. The summed E-state index contributed by atoms with van der Waals surface area (Å²) in [4.78, 5) is 4.30. The summed E-state index contributed by atoms with van der Waals surface area (Å²) in [6.07, 6.45) is 7.59. The van der Waals surface area contributed by atoms with Crippen LogP contribution in [-0.2, 0) is 13.5 Å². The molecule has 0 amide bonds. The molecule has 1 aromatic rings. The van der Waals surface area contributed by atoms with E-state index in [1.54, 1.807) is 0 Å². The minimum absolute atomic E-state index is 0.792. The van der Waals surface area contributed by atoms with Crippen LogP contribution in [0.2, 0.25) is 0 Å². The van der Waals surface area contributed by atoms with Crippen molar-refractivity contribution >= 4 is 0 Å². The van der Waals surface area contributed by atoms with Gasteiger partial charge in [-0.25, -0.2) is 4.98 Å². The fourth-order valence-electron chi connectivity index (χ4n) is 1.96. The Hall–Kier alpha value is -0.830. The Balaban J connectivity index is 1.67. The number of hydrogen-bond donors (Lipinski definition) is 1. The summed E-state index contributed by atoms with van der Waals surface area (Å²) in [6, 6.07) is 0.792. The zero-order chi connectivity index (χ0) is 9.97. The van der Waals surface area contributed by atoms with E-state index in [1.165, 1.54) is 18.7 Å². The second-order valence-corrected chi connectivity index (χ2v) is 4.17. The highest BCUT2D eigenvalue weighted by Crippen LogP contribution is 2.32. The number of aromatic nitrogens is 2. The van der Waals surface area contributed by atoms with Gasteiger partial charge in [0.25, 0.3) is 0 Å². The van der Waals surface area contributed by atoms with Crippen LogP contribution in [0.3, 0.4) is 0 Å². The van der Waals surface area contributed by atoms with Crippen LogP contribution in [0.4, 0.5) is 0 Å². The van der Waals surface area contributed by atoms with Crippen LogP contribution in [0.5, 0.6) is 0 Å². The highest BCUT2D eigenvalue weighted by Gasteiger charge is 2.34. The summed E-state index contributed by atoms with van der Waals surface area (Å²) in [7, 11) is 2.05. The molecular formula is C11H19N3. The van der Waals surface area contributed by atoms with Crippen molar-refractivity contribution in [1.29, 1.82) is 0 Å². The van der Waals surface area contributed by atoms with E-state index in [-0.39, 0.29) is 0 Å². The molecule has 3 nitrogen and oxygen atoms in total. The van der Waals surface area contributed by atoms with E-state index < -0.39 is 0 Å². The molecule has 1 fully saturated rings. The van der Waals surface area contributed by atoms with Gasteiger partial charge in [0, 0.05) is 38.4 Å². The minimum Gasteiger partial charge on any atom is -0.338 e. The van der Waals surface area contributed by atoms with Gasteiger partial charge in [-0.2, -0.15) is 0 Å². The van der Waals surface area contributed by atoms with Gasteiger partial charge in [0.15, 0.2) is 0 Å². The van der Waals surface area contributed by atoms with Crippen LogP contribution in [0.25, 0.3) is 0 Å². The van der Waals surface area contributed by atoms with Crippen molar-refractivity contribution in [1.82, 2.24) is 14.9 Å². The third kappa shape index (κ3) is 2.15. The molecule has 0 aliphatic heterocycles. The van der Waals surface area contributed by atoms with Gasteiger partial charge in [-0.15, -0.1) is 0 Å². The van der Waals surface area contributed by atoms with Gasteiger partial charge in [-0.3, -0.25) is 0 Å². The van der Waals surface area contributed by atoms with Crippen molar-refractivity contribution in [2.75, 3.05) is 6.54 Å². The molecule has 1 aliphatic carbocycles. The lowest BCUT2D eigenvalue weighted by atomic mass is 10.3. The molecule has 3 heteroatoms. The van der Waals surface area contributed by atoms with Gasteiger partial charge < -0.3 is 9.88 Å². The van der Waals surface area contributed by atoms with Crippen LogP contribution in [0.1, 0.15) is 25.6 Å². The Morgan fingerprint density at radius 2 is 2.50 bits per heavy atom. The van der Waals surface area contributed by atoms with Crippen LogP contribution in [-0.4, -0.2) is 22.1 Å². The van der Waals surface area contributed by atoms with E-state index in [2.05, 4.69) is 21.8 Å². The predicted molar refractivity (Wildman–Crippen MR) is 57.1 cm³/mol. The number of imidazole rings is 1. The maximum absolute atomic E-state index is 4.30. The van der Waals surface area contributed by atoms with Crippen molar-refractivity contribution < 1.29 is 0 Å². The molecule has 1 heterocycles. The van der Waals surface area contributed by atoms with E-state index in [1.807, 2.05) is 19.4 Å². The average molecular weight is 193 g/mol. The van der Waals surface area contributed by atoms with E-state index in [4.69, 9.17) is 0 Å². The molecule has 0 saturated heterocycles. The quantitative estimate of drug-likeness (QED) is 0.765. The highest BCUT2D eigenvalue weighted by molar-refractivity contribution is 4.95. The largest absolute Gasteiger partial charge is 0.338 e. The van der Waals surface area contributed by atoms with Gasteiger partial charge in [0.2, 0.25) is 0 Å². The van der Waals surface area contributed by atoms with Crippen LogP contribution < -0.4 is 5.32 Å². The molecule has 0 aromatic carbocycles. The van der Waals surface area contributed by atoms with E-state index in [0.29, 0.717) is 0 Å². The van der Waals surface area contributed by atoms with Crippen molar-refractivity contribution in [2.45, 2.75) is 32.2 Å². The molecule has 1 N–H and O–H groups in total. The molecule has 2 unspecified atom stereocenters. The topological polar surface area (TPSA) is 29.9 Å². The van der Waals surface area contributed by atoms with Gasteiger partial charge in [-0.1, -0.05) is 13.3 Å². The van der Waals surface area contributed by atoms with Crippen LogP contribution >= 0.6 is 0 Å². The SMILES string of the molecule is CCC1CC1NCCc1nccn1C. The predicted octanol–water partition coefficient (Wildman–Crippen LogP) is 1.35. The fourth-order valence-corrected chi connectivity index (χ4v) is 1.96. The molecule has 0 radical (unpaired) electrons. The molecule has 2 atom stereocenters. The molecule has 0 spiro atoms. The lowest BCUT2D eigenvalue weighted by molar-refractivity contribution is 0.608. The maximum Gasteiger partial charge on any atom is 0.109 e. The summed E-state index contributed by atoms with van der Waals surface area (Å²) in [5.74, 6) is 2.11. The van der Waals surface area contributed by atoms with Gasteiger partial charge in [0.05, 0.1) is 0 Å². The zero-order valence-electron chi connectivity index (χ0n) is 9.03. The molecule has 1 saturated carbocycles. The summed E-state index contributed by atoms with van der Waals surface area (Å²) in [5, 5.41) is 3.57. The number of nitrogens with one attached hydrogen (secondary N) is 1. The summed E-state index contributed by atoms with van der Waals surface area (Å²) >= 11 is 0. The third-order valence-corrected chi connectivity index (χ3v) is 3.12. The Morgan fingerprint density at radius 1 is 1.64 bits per heavy atom. The molecule has 1 aliphatic rings.